The fraction of sp³-hybridized carbons (Fsp3) is 0.500. The minimum absolute atomic E-state index is 0.251. The van der Waals surface area contributed by atoms with Crippen molar-refractivity contribution in [2.45, 2.75) is 50.3 Å². The molecule has 0 aliphatic carbocycles. The van der Waals surface area contributed by atoms with Crippen LogP contribution >= 0.6 is 21.6 Å². The monoisotopic (exact) mass is 407 g/mol. The van der Waals surface area contributed by atoms with Gasteiger partial charge in [0.2, 0.25) is 0 Å². The van der Waals surface area contributed by atoms with Crippen LogP contribution in [0, 0.1) is 0 Å². The summed E-state index contributed by atoms with van der Waals surface area (Å²) in [5.74, 6) is 1.28. The molecule has 0 radical (unpaired) electrons. The highest BCUT2D eigenvalue weighted by molar-refractivity contribution is 8.77. The highest BCUT2D eigenvalue weighted by Crippen LogP contribution is 2.39. The number of para-hydroxylation sites is 1. The number of furan rings is 1. The van der Waals surface area contributed by atoms with Crippen molar-refractivity contribution in [3.63, 3.8) is 0 Å². The van der Waals surface area contributed by atoms with Gasteiger partial charge in [-0.3, -0.25) is 9.59 Å². The van der Waals surface area contributed by atoms with E-state index in [2.05, 4.69) is 5.32 Å². The smallest absolute Gasteiger partial charge is 0.306 e. The van der Waals surface area contributed by atoms with Gasteiger partial charge >= 0.3 is 5.97 Å². The number of esters is 1. The van der Waals surface area contributed by atoms with Gasteiger partial charge in [0.15, 0.2) is 6.61 Å². The minimum Gasteiger partial charge on any atom is -0.459 e. The molecule has 0 bridgehead atoms. The van der Waals surface area contributed by atoms with E-state index < -0.39 is 0 Å². The van der Waals surface area contributed by atoms with E-state index in [0.717, 1.165) is 35.5 Å². The molecule has 1 saturated heterocycles. The fourth-order valence-electron chi connectivity index (χ4n) is 2.99. The van der Waals surface area contributed by atoms with Gasteiger partial charge in [-0.05, 0) is 38.3 Å². The molecule has 2 atom stereocenters. The first-order chi connectivity index (χ1) is 13.1. The van der Waals surface area contributed by atoms with Crippen LogP contribution in [0.3, 0.4) is 0 Å². The number of hydrogen-bond acceptors (Lipinski definition) is 6. The third-order valence-corrected chi connectivity index (χ3v) is 7.50. The van der Waals surface area contributed by atoms with Gasteiger partial charge in [-0.2, -0.15) is 0 Å². The number of fused-ring (bicyclic) bond motifs is 1. The van der Waals surface area contributed by atoms with Crippen LogP contribution in [-0.2, 0) is 14.3 Å². The molecular formula is C20H25NO4S2. The number of nitrogens with one attached hydrogen (secondary N) is 1. The average molecular weight is 408 g/mol. The van der Waals surface area contributed by atoms with Gasteiger partial charge in [-0.15, -0.1) is 0 Å². The molecule has 2 heterocycles. The van der Waals surface area contributed by atoms with Crippen LogP contribution in [0.1, 0.15) is 50.8 Å². The number of rotatable bonds is 9. The molecule has 146 valence electrons. The molecule has 1 aliphatic heterocycles. The standard InChI is InChI=1S/C20H25NO4S2/c1-14(18-12-15-6-2-4-8-17(15)25-18)21-19(22)13-24-20(23)9-5-3-7-16-10-11-26-27-16/h2,4,6,8,12,14,16H,3,5,7,9-11,13H2,1H3,(H,21,22)/t14-,16+/m1/s1. The average Bonchev–Trinajstić information content (AvgIpc) is 3.32. The first kappa shape index (κ1) is 20.1. The molecule has 0 spiro atoms. The SMILES string of the molecule is C[C@@H](NC(=O)COC(=O)CCCC[C@H]1CCSS1)c1cc2ccccc2o1. The molecular weight excluding hydrogens is 382 g/mol. The van der Waals surface area contributed by atoms with Gasteiger partial charge < -0.3 is 14.5 Å². The van der Waals surface area contributed by atoms with Gasteiger partial charge in [0.1, 0.15) is 11.3 Å². The lowest BCUT2D eigenvalue weighted by atomic mass is 10.1. The van der Waals surface area contributed by atoms with Crippen molar-refractivity contribution in [3.05, 3.63) is 36.1 Å². The third kappa shape index (κ3) is 6.21. The lowest BCUT2D eigenvalue weighted by Gasteiger charge is -2.11. The Morgan fingerprint density at radius 3 is 2.96 bits per heavy atom. The maximum atomic E-state index is 12.0. The Labute approximate surface area is 167 Å². The Balaban J connectivity index is 1.32. The van der Waals surface area contributed by atoms with Crippen molar-refractivity contribution in [3.8, 4) is 0 Å². The second-order valence-corrected chi connectivity index (χ2v) is 9.50. The number of benzene rings is 1. The summed E-state index contributed by atoms with van der Waals surface area (Å²) in [6, 6.07) is 9.32. The summed E-state index contributed by atoms with van der Waals surface area (Å²) in [5.41, 5.74) is 0.787. The van der Waals surface area contributed by atoms with Crippen molar-refractivity contribution < 1.29 is 18.7 Å². The number of ether oxygens (including phenoxy) is 1. The van der Waals surface area contributed by atoms with Crippen molar-refractivity contribution in [2.75, 3.05) is 12.4 Å². The highest BCUT2D eigenvalue weighted by Gasteiger charge is 2.17. The molecule has 1 aromatic heterocycles. The van der Waals surface area contributed by atoms with E-state index in [1.54, 1.807) is 0 Å². The van der Waals surface area contributed by atoms with E-state index in [9.17, 15) is 9.59 Å². The summed E-state index contributed by atoms with van der Waals surface area (Å²) >= 11 is 0. The number of amides is 1. The van der Waals surface area contributed by atoms with Gasteiger partial charge in [0.05, 0.1) is 6.04 Å². The van der Waals surface area contributed by atoms with Crippen molar-refractivity contribution >= 4 is 44.4 Å². The third-order valence-electron chi connectivity index (χ3n) is 4.50. The molecule has 7 heteroatoms. The van der Waals surface area contributed by atoms with Crippen LogP contribution < -0.4 is 5.32 Å². The summed E-state index contributed by atoms with van der Waals surface area (Å²) in [6.45, 7) is 1.59. The van der Waals surface area contributed by atoms with E-state index >= 15 is 0 Å². The van der Waals surface area contributed by atoms with Gasteiger partial charge in [0, 0.05) is 22.8 Å². The Morgan fingerprint density at radius 2 is 2.19 bits per heavy atom. The topological polar surface area (TPSA) is 68.5 Å². The van der Waals surface area contributed by atoms with Gasteiger partial charge in [-0.25, -0.2) is 0 Å². The number of unbranched alkanes of at least 4 members (excludes halogenated alkanes) is 1. The molecule has 1 N–H and O–H groups in total. The summed E-state index contributed by atoms with van der Waals surface area (Å²) < 4.78 is 10.8. The zero-order valence-corrected chi connectivity index (χ0v) is 17.1. The van der Waals surface area contributed by atoms with Crippen molar-refractivity contribution in [1.29, 1.82) is 0 Å². The summed E-state index contributed by atoms with van der Waals surface area (Å²) in [6.07, 6.45) is 4.64. The zero-order chi connectivity index (χ0) is 19.1. The minimum atomic E-state index is -0.323. The first-order valence-corrected chi connectivity index (χ1v) is 11.7. The quantitative estimate of drug-likeness (QED) is 0.363. The van der Waals surface area contributed by atoms with Crippen LogP contribution in [0.5, 0.6) is 0 Å². The predicted molar refractivity (Wildman–Crippen MR) is 111 cm³/mol. The molecule has 1 aromatic carbocycles. The van der Waals surface area contributed by atoms with Crippen LogP contribution in [0.2, 0.25) is 0 Å². The lowest BCUT2D eigenvalue weighted by Crippen LogP contribution is -2.30. The second kappa shape index (κ2) is 10.1. The van der Waals surface area contributed by atoms with E-state index in [-0.39, 0.29) is 24.5 Å². The van der Waals surface area contributed by atoms with Gasteiger partial charge in [-0.1, -0.05) is 46.2 Å². The first-order valence-electron chi connectivity index (χ1n) is 9.33. The maximum Gasteiger partial charge on any atom is 0.306 e. The molecule has 0 saturated carbocycles. The van der Waals surface area contributed by atoms with Crippen LogP contribution in [0.4, 0.5) is 0 Å². The Kier molecular flexibility index (Phi) is 7.52. The van der Waals surface area contributed by atoms with E-state index in [1.165, 1.54) is 12.2 Å². The summed E-state index contributed by atoms with van der Waals surface area (Å²) in [4.78, 5) is 23.8. The molecule has 3 rings (SSSR count). The number of carbonyl (C=O) groups excluding carboxylic acids is 2. The molecule has 1 fully saturated rings. The van der Waals surface area contributed by atoms with Gasteiger partial charge in [0.25, 0.3) is 5.91 Å². The molecule has 0 unspecified atom stereocenters. The second-order valence-electron chi connectivity index (χ2n) is 6.71. The normalized spacial score (nSPS) is 17.7. The molecule has 1 aliphatic rings. The number of hydrogen-bond donors (Lipinski definition) is 1. The molecule has 27 heavy (non-hydrogen) atoms. The zero-order valence-electron chi connectivity index (χ0n) is 15.4. The number of carbonyl (C=O) groups is 2. The van der Waals surface area contributed by atoms with Crippen LogP contribution in [0.25, 0.3) is 11.0 Å². The lowest BCUT2D eigenvalue weighted by molar-refractivity contribution is -0.148. The molecule has 2 aromatic rings. The summed E-state index contributed by atoms with van der Waals surface area (Å²) in [5, 5.41) is 4.53. The molecule has 1 amide bonds. The Bertz CT molecular complexity index is 737. The fourth-order valence-corrected chi connectivity index (χ4v) is 6.02. The summed E-state index contributed by atoms with van der Waals surface area (Å²) in [7, 11) is 3.90. The predicted octanol–water partition coefficient (Wildman–Crippen LogP) is 4.87. The van der Waals surface area contributed by atoms with Crippen molar-refractivity contribution in [1.82, 2.24) is 5.32 Å². The largest absolute Gasteiger partial charge is 0.459 e. The van der Waals surface area contributed by atoms with E-state index in [0.29, 0.717) is 12.2 Å². The highest BCUT2D eigenvalue weighted by atomic mass is 33.1. The Morgan fingerprint density at radius 1 is 1.33 bits per heavy atom. The Hall–Kier alpha value is -1.60. The van der Waals surface area contributed by atoms with Crippen molar-refractivity contribution in [2.24, 2.45) is 0 Å². The maximum absolute atomic E-state index is 12.0. The van der Waals surface area contributed by atoms with Crippen LogP contribution in [-0.4, -0.2) is 29.5 Å². The van der Waals surface area contributed by atoms with E-state index in [4.69, 9.17) is 9.15 Å². The van der Waals surface area contributed by atoms with E-state index in [1.807, 2.05) is 58.8 Å². The van der Waals surface area contributed by atoms with Crippen LogP contribution in [0.15, 0.2) is 34.7 Å². The molecule has 5 nitrogen and oxygen atoms in total.